The van der Waals surface area contributed by atoms with Gasteiger partial charge in [-0.1, -0.05) is 6.92 Å². The maximum Gasteiger partial charge on any atom is 0.0238 e. The highest BCUT2D eigenvalue weighted by Gasteiger charge is 2.35. The summed E-state index contributed by atoms with van der Waals surface area (Å²) in [5, 5.41) is 0. The van der Waals surface area contributed by atoms with Gasteiger partial charge in [-0.3, -0.25) is 4.90 Å². The highest BCUT2D eigenvalue weighted by molar-refractivity contribution is 4.92. The number of hydrogen-bond donors (Lipinski definition) is 0. The molecule has 0 saturated carbocycles. The molecule has 0 aromatic rings. The molecule has 0 amide bonds. The zero-order valence-electron chi connectivity index (χ0n) is 7.58. The summed E-state index contributed by atoms with van der Waals surface area (Å²) < 4.78 is 0. The van der Waals surface area contributed by atoms with E-state index in [9.17, 15) is 0 Å². The molecule has 0 spiro atoms. The molecule has 2 heterocycles. The maximum absolute atomic E-state index is 2.66. The second-order valence-corrected chi connectivity index (χ2v) is 3.88. The summed E-state index contributed by atoms with van der Waals surface area (Å²) in [6.45, 7) is 9.84. The van der Waals surface area contributed by atoms with E-state index >= 15 is 0 Å². The third-order valence-electron chi connectivity index (χ3n) is 3.17. The Balaban J connectivity index is 2.07. The number of nitrogens with zero attached hydrogens (tertiary/aromatic N) is 2. The van der Waals surface area contributed by atoms with Crippen molar-refractivity contribution in [3.8, 4) is 0 Å². The van der Waals surface area contributed by atoms with Crippen molar-refractivity contribution < 1.29 is 0 Å². The van der Waals surface area contributed by atoms with Crippen LogP contribution >= 0.6 is 0 Å². The normalized spacial score (nSPS) is 44.7. The Morgan fingerprint density at radius 2 is 2.18 bits per heavy atom. The van der Waals surface area contributed by atoms with Gasteiger partial charge in [-0.05, 0) is 26.4 Å². The van der Waals surface area contributed by atoms with Gasteiger partial charge in [0.2, 0.25) is 0 Å². The SMILES string of the molecule is CCN1C(C)CN2CCC1C2. The summed E-state index contributed by atoms with van der Waals surface area (Å²) in [4.78, 5) is 5.25. The molecule has 0 aliphatic carbocycles. The molecule has 2 heteroatoms. The third-order valence-corrected chi connectivity index (χ3v) is 3.17. The van der Waals surface area contributed by atoms with Crippen LogP contribution in [0.25, 0.3) is 0 Å². The van der Waals surface area contributed by atoms with E-state index in [2.05, 4.69) is 23.6 Å². The van der Waals surface area contributed by atoms with Crippen molar-refractivity contribution in [2.45, 2.75) is 32.4 Å². The predicted molar refractivity (Wildman–Crippen MR) is 46.7 cm³/mol. The number of hydrogen-bond acceptors (Lipinski definition) is 2. The summed E-state index contributed by atoms with van der Waals surface area (Å²) in [7, 11) is 0. The van der Waals surface area contributed by atoms with Gasteiger partial charge in [0, 0.05) is 25.2 Å². The van der Waals surface area contributed by atoms with Gasteiger partial charge < -0.3 is 4.90 Å². The van der Waals surface area contributed by atoms with Crippen molar-refractivity contribution >= 4 is 0 Å². The molecule has 3 unspecified atom stereocenters. The minimum Gasteiger partial charge on any atom is -0.300 e. The van der Waals surface area contributed by atoms with Gasteiger partial charge in [0.1, 0.15) is 0 Å². The van der Waals surface area contributed by atoms with Crippen molar-refractivity contribution in [1.29, 1.82) is 0 Å². The molecule has 64 valence electrons. The Morgan fingerprint density at radius 3 is 2.91 bits per heavy atom. The van der Waals surface area contributed by atoms with E-state index in [0.29, 0.717) is 0 Å². The molecule has 2 bridgehead atoms. The van der Waals surface area contributed by atoms with Gasteiger partial charge in [-0.2, -0.15) is 0 Å². The summed E-state index contributed by atoms with van der Waals surface area (Å²) in [5.41, 5.74) is 0. The van der Waals surface area contributed by atoms with Crippen LogP contribution < -0.4 is 0 Å². The minimum atomic E-state index is 0.793. The van der Waals surface area contributed by atoms with E-state index in [1.165, 1.54) is 32.6 Å². The van der Waals surface area contributed by atoms with E-state index in [1.807, 2.05) is 0 Å². The molecular formula is C9H18N2. The Labute approximate surface area is 69.2 Å². The van der Waals surface area contributed by atoms with Crippen LogP contribution in [0.2, 0.25) is 0 Å². The molecular weight excluding hydrogens is 136 g/mol. The fraction of sp³-hybridized carbons (Fsp3) is 1.00. The van der Waals surface area contributed by atoms with Crippen LogP contribution in [0, 0.1) is 0 Å². The Bertz CT molecular complexity index is 146. The molecule has 2 fully saturated rings. The van der Waals surface area contributed by atoms with Crippen molar-refractivity contribution in [2.75, 3.05) is 26.2 Å². The average molecular weight is 154 g/mol. The van der Waals surface area contributed by atoms with Gasteiger partial charge in [0.05, 0.1) is 0 Å². The summed E-state index contributed by atoms with van der Waals surface area (Å²) in [6, 6.07) is 1.67. The zero-order valence-corrected chi connectivity index (χ0v) is 7.58. The standard InChI is InChI=1S/C9H18N2/c1-3-11-8(2)6-10-5-4-9(11)7-10/h8-9H,3-7H2,1-2H3. The van der Waals surface area contributed by atoms with E-state index < -0.39 is 0 Å². The van der Waals surface area contributed by atoms with Gasteiger partial charge >= 0.3 is 0 Å². The van der Waals surface area contributed by atoms with Gasteiger partial charge in [-0.15, -0.1) is 0 Å². The van der Waals surface area contributed by atoms with E-state index in [1.54, 1.807) is 0 Å². The first-order chi connectivity index (χ1) is 5.31. The van der Waals surface area contributed by atoms with Crippen LogP contribution in [0.3, 0.4) is 0 Å². The van der Waals surface area contributed by atoms with E-state index in [4.69, 9.17) is 0 Å². The molecule has 0 aromatic heterocycles. The summed E-state index contributed by atoms with van der Waals surface area (Å²) in [5.74, 6) is 0. The van der Waals surface area contributed by atoms with Crippen LogP contribution in [0.4, 0.5) is 0 Å². The van der Waals surface area contributed by atoms with Crippen molar-refractivity contribution in [3.05, 3.63) is 0 Å². The zero-order chi connectivity index (χ0) is 7.84. The molecule has 0 aromatic carbocycles. The molecule has 11 heavy (non-hydrogen) atoms. The molecule has 3 atom stereocenters. The summed E-state index contributed by atoms with van der Waals surface area (Å²) >= 11 is 0. The topological polar surface area (TPSA) is 6.48 Å². The summed E-state index contributed by atoms with van der Waals surface area (Å²) in [6.07, 6.45) is 1.40. The lowest BCUT2D eigenvalue weighted by Crippen LogP contribution is -2.51. The lowest BCUT2D eigenvalue weighted by atomic mass is 10.1. The molecule has 0 radical (unpaired) electrons. The number of fused-ring (bicyclic) bond motifs is 2. The highest BCUT2D eigenvalue weighted by atomic mass is 15.3. The first-order valence-electron chi connectivity index (χ1n) is 4.79. The average Bonchev–Trinajstić information content (AvgIpc) is 2.34. The van der Waals surface area contributed by atoms with Gasteiger partial charge in [0.15, 0.2) is 0 Å². The quantitative estimate of drug-likeness (QED) is 0.551. The Morgan fingerprint density at radius 1 is 1.36 bits per heavy atom. The maximum atomic E-state index is 2.66. The highest BCUT2D eigenvalue weighted by Crippen LogP contribution is 2.23. The monoisotopic (exact) mass is 154 g/mol. The van der Waals surface area contributed by atoms with Crippen LogP contribution in [0.5, 0.6) is 0 Å². The number of likely N-dealkylation sites (N-methyl/N-ethyl adjacent to an activating group) is 1. The van der Waals surface area contributed by atoms with Gasteiger partial charge in [0.25, 0.3) is 0 Å². The Kier molecular flexibility index (Phi) is 1.90. The first-order valence-corrected chi connectivity index (χ1v) is 4.79. The molecule has 2 saturated heterocycles. The minimum absolute atomic E-state index is 0.793. The number of piperazine rings is 1. The van der Waals surface area contributed by atoms with Crippen molar-refractivity contribution in [2.24, 2.45) is 0 Å². The first kappa shape index (κ1) is 7.56. The second-order valence-electron chi connectivity index (χ2n) is 3.88. The van der Waals surface area contributed by atoms with Crippen molar-refractivity contribution in [1.82, 2.24) is 9.80 Å². The number of rotatable bonds is 1. The Hall–Kier alpha value is -0.0800. The third kappa shape index (κ3) is 1.18. The van der Waals surface area contributed by atoms with Crippen molar-refractivity contribution in [3.63, 3.8) is 0 Å². The molecule has 2 rings (SSSR count). The van der Waals surface area contributed by atoms with Gasteiger partial charge in [-0.25, -0.2) is 0 Å². The lowest BCUT2D eigenvalue weighted by molar-refractivity contribution is 0.0879. The largest absolute Gasteiger partial charge is 0.300 e. The van der Waals surface area contributed by atoms with E-state index in [-0.39, 0.29) is 0 Å². The second kappa shape index (κ2) is 2.76. The van der Waals surface area contributed by atoms with Crippen LogP contribution in [0.15, 0.2) is 0 Å². The predicted octanol–water partition coefficient (Wildman–Crippen LogP) is 0.785. The molecule has 2 aliphatic rings. The smallest absolute Gasteiger partial charge is 0.0238 e. The molecule has 2 aliphatic heterocycles. The van der Waals surface area contributed by atoms with E-state index in [0.717, 1.165) is 12.1 Å². The lowest BCUT2D eigenvalue weighted by Gasteiger charge is -2.39. The van der Waals surface area contributed by atoms with Crippen LogP contribution in [0.1, 0.15) is 20.3 Å². The fourth-order valence-corrected chi connectivity index (χ4v) is 2.66. The fourth-order valence-electron chi connectivity index (χ4n) is 2.66. The van der Waals surface area contributed by atoms with Crippen LogP contribution in [-0.2, 0) is 0 Å². The molecule has 2 nitrogen and oxygen atoms in total. The van der Waals surface area contributed by atoms with Crippen LogP contribution in [-0.4, -0.2) is 48.1 Å². The molecule has 0 N–H and O–H groups in total.